The van der Waals surface area contributed by atoms with Gasteiger partial charge >= 0.3 is 0 Å². The topological polar surface area (TPSA) is 49.4 Å². The zero-order valence-electron chi connectivity index (χ0n) is 16.1. The Balaban J connectivity index is 1.33. The average Bonchev–Trinajstić information content (AvgIpc) is 2.98. The predicted octanol–water partition coefficient (Wildman–Crippen LogP) is 3.51. The van der Waals surface area contributed by atoms with Crippen molar-refractivity contribution in [2.75, 3.05) is 30.6 Å². The highest BCUT2D eigenvalue weighted by molar-refractivity contribution is 7.92. The molecule has 1 N–H and O–H groups in total. The molecule has 0 spiro atoms. The SMILES string of the molecule is CC1(c2cccc(NS(C)(=O)=O)c2)[C@@H]2CN(CCCc3ccccc3)C[C@@H]21. The van der Waals surface area contributed by atoms with E-state index >= 15 is 0 Å². The van der Waals surface area contributed by atoms with Gasteiger partial charge in [-0.25, -0.2) is 8.42 Å². The minimum atomic E-state index is -3.24. The van der Waals surface area contributed by atoms with Crippen molar-refractivity contribution in [3.8, 4) is 0 Å². The van der Waals surface area contributed by atoms with Crippen molar-refractivity contribution < 1.29 is 8.42 Å². The molecule has 4 rings (SSSR count). The molecule has 1 unspecified atom stereocenters. The number of hydrogen-bond donors (Lipinski definition) is 1. The fraction of sp³-hybridized carbons (Fsp3) is 0.455. The van der Waals surface area contributed by atoms with Crippen LogP contribution in [0.3, 0.4) is 0 Å². The maximum Gasteiger partial charge on any atom is 0.229 e. The van der Waals surface area contributed by atoms with Crippen LogP contribution in [-0.4, -0.2) is 39.2 Å². The number of nitrogens with zero attached hydrogens (tertiary/aromatic N) is 1. The highest BCUT2D eigenvalue weighted by atomic mass is 32.2. The van der Waals surface area contributed by atoms with Crippen LogP contribution in [0.5, 0.6) is 0 Å². The summed E-state index contributed by atoms with van der Waals surface area (Å²) >= 11 is 0. The van der Waals surface area contributed by atoms with E-state index in [-0.39, 0.29) is 5.41 Å². The van der Waals surface area contributed by atoms with Gasteiger partial charge in [-0.3, -0.25) is 4.72 Å². The lowest BCUT2D eigenvalue weighted by molar-refractivity contribution is 0.274. The van der Waals surface area contributed by atoms with Crippen molar-refractivity contribution in [3.05, 3.63) is 65.7 Å². The minimum Gasteiger partial charge on any atom is -0.303 e. The van der Waals surface area contributed by atoms with E-state index in [1.165, 1.54) is 23.8 Å². The molecule has 4 nitrogen and oxygen atoms in total. The van der Waals surface area contributed by atoms with Gasteiger partial charge in [0.25, 0.3) is 0 Å². The minimum absolute atomic E-state index is 0.186. The van der Waals surface area contributed by atoms with Gasteiger partial charge in [-0.05, 0) is 54.5 Å². The standard InChI is InChI=1S/C22H28N2O2S/c1-22(18-11-6-12-19(14-18)23-27(2,25)26)20-15-24(16-21(20)22)13-7-10-17-8-4-3-5-9-17/h3-6,8-9,11-12,14,20-21,23H,7,10,13,15-16H2,1-2H3/t20-,21+,22?. The van der Waals surface area contributed by atoms with Gasteiger partial charge in [0.15, 0.2) is 0 Å². The van der Waals surface area contributed by atoms with Crippen LogP contribution in [0.25, 0.3) is 0 Å². The van der Waals surface area contributed by atoms with Crippen molar-refractivity contribution in [1.29, 1.82) is 0 Å². The number of likely N-dealkylation sites (tertiary alicyclic amines) is 1. The average molecular weight is 385 g/mol. The molecule has 2 fully saturated rings. The number of benzene rings is 2. The number of sulfonamides is 1. The fourth-order valence-electron chi connectivity index (χ4n) is 4.86. The van der Waals surface area contributed by atoms with Gasteiger partial charge in [-0.2, -0.15) is 0 Å². The second-order valence-corrected chi connectivity index (χ2v) is 10.0. The molecule has 1 saturated heterocycles. The van der Waals surface area contributed by atoms with E-state index in [2.05, 4.69) is 52.9 Å². The van der Waals surface area contributed by atoms with Crippen molar-refractivity contribution in [2.24, 2.45) is 11.8 Å². The van der Waals surface area contributed by atoms with Crippen LogP contribution >= 0.6 is 0 Å². The smallest absolute Gasteiger partial charge is 0.229 e. The lowest BCUT2D eigenvalue weighted by Crippen LogP contribution is -2.30. The summed E-state index contributed by atoms with van der Waals surface area (Å²) in [7, 11) is -3.24. The van der Waals surface area contributed by atoms with Crippen LogP contribution in [0.2, 0.25) is 0 Å². The quantitative estimate of drug-likeness (QED) is 0.795. The zero-order valence-corrected chi connectivity index (χ0v) is 16.9. The van der Waals surface area contributed by atoms with Gasteiger partial charge in [0.2, 0.25) is 10.0 Å². The van der Waals surface area contributed by atoms with E-state index in [4.69, 9.17) is 0 Å². The number of aryl methyl sites for hydroxylation is 1. The number of fused-ring (bicyclic) bond motifs is 1. The first-order chi connectivity index (χ1) is 12.9. The molecule has 144 valence electrons. The molecule has 0 amide bonds. The molecule has 2 aromatic carbocycles. The van der Waals surface area contributed by atoms with Crippen molar-refractivity contribution >= 4 is 15.7 Å². The molecule has 3 atom stereocenters. The summed E-state index contributed by atoms with van der Waals surface area (Å²) in [6, 6.07) is 18.6. The lowest BCUT2D eigenvalue weighted by atomic mass is 9.92. The first-order valence-electron chi connectivity index (χ1n) is 9.71. The van der Waals surface area contributed by atoms with E-state index in [0.717, 1.165) is 26.1 Å². The number of nitrogens with one attached hydrogen (secondary N) is 1. The number of piperidine rings is 1. The molecule has 1 saturated carbocycles. The highest BCUT2D eigenvalue weighted by Crippen LogP contribution is 2.63. The molecule has 2 aliphatic rings. The van der Waals surface area contributed by atoms with Crippen LogP contribution in [0, 0.1) is 11.8 Å². The van der Waals surface area contributed by atoms with E-state index in [1.54, 1.807) is 0 Å². The summed E-state index contributed by atoms with van der Waals surface area (Å²) in [6.45, 7) is 5.80. The molecule has 1 aliphatic heterocycles. The van der Waals surface area contributed by atoms with E-state index in [9.17, 15) is 8.42 Å². The third-order valence-corrected chi connectivity index (χ3v) is 7.00. The molecule has 0 bridgehead atoms. The van der Waals surface area contributed by atoms with Crippen LogP contribution in [0.15, 0.2) is 54.6 Å². The maximum atomic E-state index is 11.5. The fourth-order valence-corrected chi connectivity index (χ4v) is 5.41. The number of hydrogen-bond acceptors (Lipinski definition) is 3. The summed E-state index contributed by atoms with van der Waals surface area (Å²) in [5, 5.41) is 0. The Hall–Kier alpha value is -1.85. The Bertz CT molecular complexity index is 899. The van der Waals surface area contributed by atoms with Crippen LogP contribution < -0.4 is 4.72 Å². The van der Waals surface area contributed by atoms with Crippen LogP contribution in [0.1, 0.15) is 24.5 Å². The molecule has 5 heteroatoms. The third-order valence-electron chi connectivity index (χ3n) is 6.40. The van der Waals surface area contributed by atoms with Gasteiger partial charge in [0, 0.05) is 24.2 Å². The summed E-state index contributed by atoms with van der Waals surface area (Å²) in [5.74, 6) is 1.37. The monoisotopic (exact) mass is 384 g/mol. The molecule has 1 heterocycles. The Morgan fingerprint density at radius 3 is 2.44 bits per heavy atom. The predicted molar refractivity (Wildman–Crippen MR) is 110 cm³/mol. The Labute approximate surface area is 162 Å². The molecular weight excluding hydrogens is 356 g/mol. The summed E-state index contributed by atoms with van der Waals surface area (Å²) in [5.41, 5.74) is 3.53. The molecule has 27 heavy (non-hydrogen) atoms. The van der Waals surface area contributed by atoms with E-state index in [0.29, 0.717) is 17.5 Å². The Morgan fingerprint density at radius 2 is 1.78 bits per heavy atom. The summed E-state index contributed by atoms with van der Waals surface area (Å²) in [4.78, 5) is 2.60. The van der Waals surface area contributed by atoms with Gasteiger partial charge in [0.1, 0.15) is 0 Å². The Morgan fingerprint density at radius 1 is 1.07 bits per heavy atom. The molecular formula is C22H28N2O2S. The van der Waals surface area contributed by atoms with Gasteiger partial charge in [-0.15, -0.1) is 0 Å². The Kier molecular flexibility index (Phi) is 4.77. The van der Waals surface area contributed by atoms with E-state index < -0.39 is 10.0 Å². The number of rotatable bonds is 7. The van der Waals surface area contributed by atoms with Crippen molar-refractivity contribution in [1.82, 2.24) is 4.90 Å². The van der Waals surface area contributed by atoms with Gasteiger partial charge < -0.3 is 4.90 Å². The summed E-state index contributed by atoms with van der Waals surface area (Å²) in [6.07, 6.45) is 3.54. The second-order valence-electron chi connectivity index (χ2n) is 8.30. The van der Waals surface area contributed by atoms with Gasteiger partial charge in [-0.1, -0.05) is 49.4 Å². The highest BCUT2D eigenvalue weighted by Gasteiger charge is 2.65. The molecule has 0 radical (unpaired) electrons. The first-order valence-corrected chi connectivity index (χ1v) is 11.6. The second kappa shape index (κ2) is 6.95. The lowest BCUT2D eigenvalue weighted by Gasteiger charge is -2.24. The summed E-state index contributed by atoms with van der Waals surface area (Å²) < 4.78 is 25.6. The van der Waals surface area contributed by atoms with Gasteiger partial charge in [0.05, 0.1) is 6.26 Å². The normalized spacial score (nSPS) is 27.3. The zero-order chi connectivity index (χ0) is 19.1. The van der Waals surface area contributed by atoms with Crippen molar-refractivity contribution in [2.45, 2.75) is 25.2 Å². The third kappa shape index (κ3) is 3.90. The maximum absolute atomic E-state index is 11.5. The first kappa shape index (κ1) is 18.5. The van der Waals surface area contributed by atoms with Crippen LogP contribution in [0.4, 0.5) is 5.69 Å². The molecule has 1 aliphatic carbocycles. The molecule has 0 aromatic heterocycles. The number of anilines is 1. The van der Waals surface area contributed by atoms with Crippen LogP contribution in [-0.2, 0) is 21.9 Å². The van der Waals surface area contributed by atoms with E-state index in [1.807, 2.05) is 18.2 Å². The largest absolute Gasteiger partial charge is 0.303 e. The van der Waals surface area contributed by atoms with Crippen molar-refractivity contribution in [3.63, 3.8) is 0 Å². The molecule has 2 aromatic rings.